The van der Waals surface area contributed by atoms with Crippen molar-refractivity contribution in [3.05, 3.63) is 19.1 Å². The first-order chi connectivity index (χ1) is 2.91. The normalized spacial score (nSPS) is 10.2. The second-order valence-electron chi connectivity index (χ2n) is 1.21. The van der Waals surface area contributed by atoms with E-state index in [1.807, 2.05) is 13.0 Å². The molecule has 0 amide bonds. The highest BCUT2D eigenvalue weighted by atomic mass is 13.7. The van der Waals surface area contributed by atoms with E-state index in [4.69, 9.17) is 0 Å². The van der Waals surface area contributed by atoms with Gasteiger partial charge in [-0.15, -0.1) is 0 Å². The fraction of sp³-hybridized carbons (Fsp3) is 0.500. The van der Waals surface area contributed by atoms with E-state index in [2.05, 4.69) is 13.0 Å². The first-order valence-corrected chi connectivity index (χ1v) is 2.32. The largest absolute Gasteiger partial charge is 0.0915 e. The number of allylic oxidation sites excluding steroid dienone is 2. The molecule has 0 aromatic carbocycles. The summed E-state index contributed by atoms with van der Waals surface area (Å²) < 4.78 is 0. The SMILES string of the molecule is [CH2+]CC/C=C/C. The van der Waals surface area contributed by atoms with Crippen LogP contribution in [-0.2, 0) is 0 Å². The van der Waals surface area contributed by atoms with Crippen molar-refractivity contribution in [2.45, 2.75) is 19.8 Å². The summed E-state index contributed by atoms with van der Waals surface area (Å²) in [5.41, 5.74) is 0. The van der Waals surface area contributed by atoms with E-state index in [1.54, 1.807) is 0 Å². The molecule has 0 N–H and O–H groups in total. The van der Waals surface area contributed by atoms with Gasteiger partial charge in [0.2, 0.25) is 0 Å². The Morgan fingerprint density at radius 3 is 2.50 bits per heavy atom. The molecule has 0 unspecified atom stereocenters. The van der Waals surface area contributed by atoms with Crippen LogP contribution in [0.2, 0.25) is 0 Å². The van der Waals surface area contributed by atoms with Crippen LogP contribution >= 0.6 is 0 Å². The van der Waals surface area contributed by atoms with Gasteiger partial charge in [0.15, 0.2) is 0 Å². The van der Waals surface area contributed by atoms with E-state index in [1.165, 1.54) is 0 Å². The summed E-state index contributed by atoms with van der Waals surface area (Å²) in [5.74, 6) is 0. The molecule has 0 aromatic rings. The van der Waals surface area contributed by atoms with E-state index in [9.17, 15) is 0 Å². The summed E-state index contributed by atoms with van der Waals surface area (Å²) in [7, 11) is 0. The first-order valence-electron chi connectivity index (χ1n) is 2.32. The van der Waals surface area contributed by atoms with Crippen LogP contribution in [0.4, 0.5) is 0 Å². The molecular weight excluding hydrogens is 72.1 g/mol. The highest BCUT2D eigenvalue weighted by Crippen LogP contribution is 1.84. The molecule has 0 nitrogen and oxygen atoms in total. The number of hydrogen-bond acceptors (Lipinski definition) is 0. The minimum absolute atomic E-state index is 1.02. The van der Waals surface area contributed by atoms with Crippen molar-refractivity contribution in [1.29, 1.82) is 0 Å². The molecule has 0 saturated carbocycles. The Morgan fingerprint density at radius 1 is 1.67 bits per heavy atom. The number of rotatable bonds is 2. The molecule has 0 heterocycles. The van der Waals surface area contributed by atoms with Crippen LogP contribution in [0.5, 0.6) is 0 Å². The molecule has 0 aliphatic heterocycles. The maximum absolute atomic E-state index is 3.67. The average Bonchev–Trinajstić information content (AvgIpc) is 1.61. The molecule has 0 aromatic heterocycles. The third-order valence-electron chi connectivity index (χ3n) is 0.606. The van der Waals surface area contributed by atoms with Crippen molar-refractivity contribution in [2.75, 3.05) is 0 Å². The molecule has 0 aliphatic carbocycles. The van der Waals surface area contributed by atoms with Crippen molar-refractivity contribution in [3.8, 4) is 0 Å². The molecule has 0 heteroatoms. The molecular formula is C6H11+. The van der Waals surface area contributed by atoms with Crippen LogP contribution in [-0.4, -0.2) is 0 Å². The third kappa shape index (κ3) is 3.61. The number of unbranched alkanes of at least 4 members (excludes halogenated alkanes) is 1. The summed E-state index contributed by atoms with van der Waals surface area (Å²) in [6, 6.07) is 0. The fourth-order valence-corrected chi connectivity index (χ4v) is 0.285. The zero-order chi connectivity index (χ0) is 4.83. The number of hydrogen-bond donors (Lipinski definition) is 0. The van der Waals surface area contributed by atoms with Crippen LogP contribution in [0.3, 0.4) is 0 Å². The van der Waals surface area contributed by atoms with Crippen molar-refractivity contribution < 1.29 is 0 Å². The Kier molecular flexibility index (Phi) is 4.31. The Balaban J connectivity index is 2.66. The summed E-state index contributed by atoms with van der Waals surface area (Å²) in [6.07, 6.45) is 6.30. The van der Waals surface area contributed by atoms with Gasteiger partial charge in [0, 0.05) is 6.42 Å². The minimum Gasteiger partial charge on any atom is -0.0915 e. The Bertz CT molecular complexity index is 35.3. The quantitative estimate of drug-likeness (QED) is 0.354. The van der Waals surface area contributed by atoms with E-state index >= 15 is 0 Å². The smallest absolute Gasteiger partial charge is 0.0885 e. The van der Waals surface area contributed by atoms with E-state index in [0.29, 0.717) is 0 Å². The lowest BCUT2D eigenvalue weighted by molar-refractivity contribution is 1.05. The second-order valence-corrected chi connectivity index (χ2v) is 1.21. The third-order valence-corrected chi connectivity index (χ3v) is 0.606. The van der Waals surface area contributed by atoms with Crippen molar-refractivity contribution in [3.63, 3.8) is 0 Å². The monoisotopic (exact) mass is 83.1 g/mol. The molecule has 0 atom stereocenters. The van der Waals surface area contributed by atoms with Gasteiger partial charge in [0.05, 0.1) is 13.3 Å². The van der Waals surface area contributed by atoms with Gasteiger partial charge in [0.1, 0.15) is 0 Å². The predicted octanol–water partition coefficient (Wildman–Crippen LogP) is 2.18. The highest BCUT2D eigenvalue weighted by Gasteiger charge is 1.71. The lowest BCUT2D eigenvalue weighted by atomic mass is 10.3. The highest BCUT2D eigenvalue weighted by molar-refractivity contribution is 4.76. The molecule has 0 radical (unpaired) electrons. The Morgan fingerprint density at radius 2 is 2.33 bits per heavy atom. The summed E-state index contributed by atoms with van der Waals surface area (Å²) in [6.45, 7) is 5.70. The van der Waals surface area contributed by atoms with Gasteiger partial charge >= 0.3 is 0 Å². The fourth-order valence-electron chi connectivity index (χ4n) is 0.285. The zero-order valence-electron chi connectivity index (χ0n) is 4.28. The van der Waals surface area contributed by atoms with Crippen molar-refractivity contribution >= 4 is 0 Å². The van der Waals surface area contributed by atoms with Crippen molar-refractivity contribution in [1.82, 2.24) is 0 Å². The van der Waals surface area contributed by atoms with Gasteiger partial charge in [0.25, 0.3) is 0 Å². The summed E-state index contributed by atoms with van der Waals surface area (Å²) in [5, 5.41) is 0. The minimum atomic E-state index is 1.02. The van der Waals surface area contributed by atoms with Crippen molar-refractivity contribution in [2.24, 2.45) is 0 Å². The molecule has 34 valence electrons. The average molecular weight is 83.2 g/mol. The van der Waals surface area contributed by atoms with E-state index in [-0.39, 0.29) is 0 Å². The molecule has 0 bridgehead atoms. The lowest BCUT2D eigenvalue weighted by Gasteiger charge is -1.70. The lowest BCUT2D eigenvalue weighted by Crippen LogP contribution is -1.56. The van der Waals surface area contributed by atoms with Gasteiger partial charge in [-0.2, -0.15) is 0 Å². The van der Waals surface area contributed by atoms with Gasteiger partial charge in [-0.25, -0.2) is 0 Å². The molecule has 0 aliphatic rings. The van der Waals surface area contributed by atoms with Gasteiger partial charge in [-0.1, -0.05) is 12.2 Å². The molecule has 6 heavy (non-hydrogen) atoms. The van der Waals surface area contributed by atoms with Crippen LogP contribution in [0, 0.1) is 6.92 Å². The zero-order valence-corrected chi connectivity index (χ0v) is 4.28. The summed E-state index contributed by atoms with van der Waals surface area (Å²) >= 11 is 0. The molecule has 0 saturated heterocycles. The van der Waals surface area contributed by atoms with E-state index in [0.717, 1.165) is 12.8 Å². The van der Waals surface area contributed by atoms with Gasteiger partial charge in [-0.3, -0.25) is 0 Å². The predicted molar refractivity (Wildman–Crippen MR) is 29.4 cm³/mol. The Labute approximate surface area is 39.9 Å². The van der Waals surface area contributed by atoms with Crippen LogP contribution in [0.15, 0.2) is 12.2 Å². The van der Waals surface area contributed by atoms with Gasteiger partial charge in [-0.05, 0) is 6.92 Å². The summed E-state index contributed by atoms with van der Waals surface area (Å²) in [4.78, 5) is 0. The first kappa shape index (κ1) is 5.61. The maximum Gasteiger partial charge on any atom is 0.0885 e. The van der Waals surface area contributed by atoms with Crippen LogP contribution in [0.1, 0.15) is 19.8 Å². The Hall–Kier alpha value is -0.390. The topological polar surface area (TPSA) is 0 Å². The standard InChI is InChI=1S/C6H11/c1-3-5-6-4-2/h4,6H,1,3,5H2,2H3/q+1/b6-4+. The maximum atomic E-state index is 3.67. The molecule has 0 spiro atoms. The second kappa shape index (κ2) is 4.61. The van der Waals surface area contributed by atoms with Crippen LogP contribution < -0.4 is 0 Å². The molecule has 0 fully saturated rings. The van der Waals surface area contributed by atoms with E-state index < -0.39 is 0 Å². The van der Waals surface area contributed by atoms with Gasteiger partial charge < -0.3 is 0 Å². The van der Waals surface area contributed by atoms with Crippen LogP contribution in [0.25, 0.3) is 0 Å². The molecule has 0 rings (SSSR count).